The summed E-state index contributed by atoms with van der Waals surface area (Å²) < 4.78 is 5.52. The molecule has 0 unspecified atom stereocenters. The maximum Gasteiger partial charge on any atom is 0.232 e. The number of oxazole rings is 1. The molecule has 6 nitrogen and oxygen atoms in total. The number of carbonyl (C=O) groups is 2. The van der Waals surface area contributed by atoms with Gasteiger partial charge in [-0.2, -0.15) is 0 Å². The summed E-state index contributed by atoms with van der Waals surface area (Å²) in [6, 6.07) is 9.75. The van der Waals surface area contributed by atoms with Gasteiger partial charge in [0.15, 0.2) is 0 Å². The minimum atomic E-state index is 0.0354. The van der Waals surface area contributed by atoms with Crippen LogP contribution in [-0.4, -0.2) is 47.1 Å². The van der Waals surface area contributed by atoms with Gasteiger partial charge in [-0.25, -0.2) is 4.98 Å². The van der Waals surface area contributed by atoms with Crippen LogP contribution < -0.4 is 5.32 Å². The zero-order chi connectivity index (χ0) is 19.1. The van der Waals surface area contributed by atoms with Gasteiger partial charge < -0.3 is 14.6 Å². The normalized spacial score (nSPS) is 14.9. The highest BCUT2D eigenvalue weighted by atomic mass is 32.2. The molecular formula is C20H25N3O3S. The highest BCUT2D eigenvalue weighted by Crippen LogP contribution is 2.22. The lowest BCUT2D eigenvalue weighted by molar-refractivity contribution is -0.133. The summed E-state index contributed by atoms with van der Waals surface area (Å²) in [5.74, 6) is 1.93. The largest absolute Gasteiger partial charge is 0.444 e. The predicted octanol–water partition coefficient (Wildman–Crippen LogP) is 2.95. The SMILES string of the molecule is CCNC(=O)C1CCN(C(=O)CSCc2coc(-c3ccccc3)n2)CC1. The molecule has 7 heteroatoms. The second-order valence-corrected chi connectivity index (χ2v) is 7.54. The van der Waals surface area contributed by atoms with Gasteiger partial charge in [-0.05, 0) is 31.9 Å². The number of hydrogen-bond donors (Lipinski definition) is 1. The highest BCUT2D eigenvalue weighted by Gasteiger charge is 2.26. The average Bonchev–Trinajstić information content (AvgIpc) is 3.18. The van der Waals surface area contributed by atoms with Crippen LogP contribution in [0.4, 0.5) is 0 Å². The average molecular weight is 388 g/mol. The predicted molar refractivity (Wildman–Crippen MR) is 106 cm³/mol. The molecule has 144 valence electrons. The van der Waals surface area contributed by atoms with E-state index >= 15 is 0 Å². The Morgan fingerprint density at radius 3 is 2.70 bits per heavy atom. The molecular weight excluding hydrogens is 362 g/mol. The number of likely N-dealkylation sites (tertiary alicyclic amines) is 1. The Bertz CT molecular complexity index is 755. The third kappa shape index (κ3) is 5.35. The first kappa shape index (κ1) is 19.5. The summed E-state index contributed by atoms with van der Waals surface area (Å²) in [7, 11) is 0. The van der Waals surface area contributed by atoms with Crippen LogP contribution in [-0.2, 0) is 15.3 Å². The molecule has 1 aliphatic rings. The Labute approximate surface area is 163 Å². The van der Waals surface area contributed by atoms with Crippen LogP contribution in [0.5, 0.6) is 0 Å². The lowest BCUT2D eigenvalue weighted by atomic mass is 9.96. The van der Waals surface area contributed by atoms with Crippen molar-refractivity contribution in [2.75, 3.05) is 25.4 Å². The molecule has 2 amide bonds. The van der Waals surface area contributed by atoms with E-state index in [4.69, 9.17) is 4.42 Å². The summed E-state index contributed by atoms with van der Waals surface area (Å²) in [6.45, 7) is 3.89. The van der Waals surface area contributed by atoms with E-state index in [-0.39, 0.29) is 17.7 Å². The molecule has 1 fully saturated rings. The van der Waals surface area contributed by atoms with Crippen LogP contribution in [0.25, 0.3) is 11.5 Å². The van der Waals surface area contributed by atoms with Crippen LogP contribution in [0.3, 0.4) is 0 Å². The van der Waals surface area contributed by atoms with E-state index in [9.17, 15) is 9.59 Å². The van der Waals surface area contributed by atoms with E-state index < -0.39 is 0 Å². The fourth-order valence-corrected chi connectivity index (χ4v) is 3.93. The van der Waals surface area contributed by atoms with Crippen LogP contribution >= 0.6 is 11.8 Å². The standard InChI is InChI=1S/C20H25N3O3S/c1-2-21-19(25)15-8-10-23(11-9-15)18(24)14-27-13-17-12-26-20(22-17)16-6-4-3-5-7-16/h3-7,12,15H,2,8-11,13-14H2,1H3,(H,21,25). The van der Waals surface area contributed by atoms with Gasteiger partial charge in [0.05, 0.1) is 11.4 Å². The van der Waals surface area contributed by atoms with Gasteiger partial charge >= 0.3 is 0 Å². The van der Waals surface area contributed by atoms with Gasteiger partial charge in [0.1, 0.15) is 6.26 Å². The number of amides is 2. The summed E-state index contributed by atoms with van der Waals surface area (Å²) in [5, 5.41) is 2.86. The van der Waals surface area contributed by atoms with E-state index in [1.807, 2.05) is 42.2 Å². The molecule has 0 atom stereocenters. The molecule has 1 aromatic carbocycles. The van der Waals surface area contributed by atoms with Gasteiger partial charge in [0.2, 0.25) is 17.7 Å². The minimum Gasteiger partial charge on any atom is -0.444 e. The number of nitrogens with zero attached hydrogens (tertiary/aromatic N) is 2. The Morgan fingerprint density at radius 2 is 2.00 bits per heavy atom. The molecule has 0 saturated carbocycles. The van der Waals surface area contributed by atoms with Crippen molar-refractivity contribution < 1.29 is 14.0 Å². The molecule has 0 aliphatic carbocycles. The van der Waals surface area contributed by atoms with E-state index in [1.54, 1.807) is 6.26 Å². The number of rotatable bonds is 7. The maximum absolute atomic E-state index is 12.4. The zero-order valence-electron chi connectivity index (χ0n) is 15.5. The number of benzene rings is 1. The van der Waals surface area contributed by atoms with Gasteiger partial charge in [-0.1, -0.05) is 18.2 Å². The Hall–Kier alpha value is -2.28. The fourth-order valence-electron chi connectivity index (χ4n) is 3.13. The van der Waals surface area contributed by atoms with Crippen molar-refractivity contribution in [2.45, 2.75) is 25.5 Å². The van der Waals surface area contributed by atoms with E-state index in [2.05, 4.69) is 10.3 Å². The highest BCUT2D eigenvalue weighted by molar-refractivity contribution is 7.99. The summed E-state index contributed by atoms with van der Waals surface area (Å²) in [5.41, 5.74) is 1.78. The van der Waals surface area contributed by atoms with Crippen molar-refractivity contribution in [3.05, 3.63) is 42.3 Å². The number of thioether (sulfide) groups is 1. The van der Waals surface area contributed by atoms with Crippen molar-refractivity contribution in [1.29, 1.82) is 0 Å². The Kier molecular flexibility index (Phi) is 6.92. The second kappa shape index (κ2) is 9.60. The van der Waals surface area contributed by atoms with Crippen molar-refractivity contribution in [1.82, 2.24) is 15.2 Å². The van der Waals surface area contributed by atoms with Crippen LogP contribution in [0.15, 0.2) is 41.0 Å². The van der Waals surface area contributed by atoms with Crippen molar-refractivity contribution in [3.63, 3.8) is 0 Å². The lowest BCUT2D eigenvalue weighted by Gasteiger charge is -2.31. The van der Waals surface area contributed by atoms with Gasteiger partial charge in [-0.3, -0.25) is 9.59 Å². The molecule has 27 heavy (non-hydrogen) atoms. The van der Waals surface area contributed by atoms with Gasteiger partial charge in [-0.15, -0.1) is 11.8 Å². The topological polar surface area (TPSA) is 75.4 Å². The van der Waals surface area contributed by atoms with E-state index in [1.165, 1.54) is 11.8 Å². The van der Waals surface area contributed by atoms with Crippen molar-refractivity contribution >= 4 is 23.6 Å². The molecule has 0 bridgehead atoms. The molecule has 1 aliphatic heterocycles. The fraction of sp³-hybridized carbons (Fsp3) is 0.450. The molecule has 2 aromatic rings. The molecule has 2 heterocycles. The summed E-state index contributed by atoms with van der Waals surface area (Å²) in [4.78, 5) is 30.6. The third-order valence-electron chi connectivity index (χ3n) is 4.62. The van der Waals surface area contributed by atoms with Crippen LogP contribution in [0.1, 0.15) is 25.5 Å². The summed E-state index contributed by atoms with van der Waals surface area (Å²) >= 11 is 1.54. The zero-order valence-corrected chi connectivity index (χ0v) is 16.3. The first-order chi connectivity index (χ1) is 13.2. The van der Waals surface area contributed by atoms with Crippen molar-refractivity contribution in [3.8, 4) is 11.5 Å². The molecule has 0 radical (unpaired) electrons. The van der Waals surface area contributed by atoms with Crippen LogP contribution in [0, 0.1) is 5.92 Å². The Morgan fingerprint density at radius 1 is 1.26 bits per heavy atom. The molecule has 1 aromatic heterocycles. The Balaban J connectivity index is 1.40. The number of nitrogens with one attached hydrogen (secondary N) is 1. The number of aromatic nitrogens is 1. The third-order valence-corrected chi connectivity index (χ3v) is 5.57. The van der Waals surface area contributed by atoms with Crippen molar-refractivity contribution in [2.24, 2.45) is 5.92 Å². The summed E-state index contributed by atoms with van der Waals surface area (Å²) in [6.07, 6.45) is 3.13. The minimum absolute atomic E-state index is 0.0354. The lowest BCUT2D eigenvalue weighted by Crippen LogP contribution is -2.43. The molecule has 0 spiro atoms. The number of hydrogen-bond acceptors (Lipinski definition) is 5. The first-order valence-electron chi connectivity index (χ1n) is 9.30. The second-order valence-electron chi connectivity index (χ2n) is 6.55. The monoisotopic (exact) mass is 387 g/mol. The smallest absolute Gasteiger partial charge is 0.232 e. The molecule has 1 N–H and O–H groups in total. The number of piperidine rings is 1. The van der Waals surface area contributed by atoms with E-state index in [0.717, 1.165) is 24.1 Å². The van der Waals surface area contributed by atoms with E-state index in [0.29, 0.717) is 37.0 Å². The van der Waals surface area contributed by atoms with Gasteiger partial charge in [0.25, 0.3) is 0 Å². The molecule has 1 saturated heterocycles. The quantitative estimate of drug-likeness (QED) is 0.791. The van der Waals surface area contributed by atoms with Gasteiger partial charge in [0, 0.05) is 36.9 Å². The first-order valence-corrected chi connectivity index (χ1v) is 10.5. The van der Waals surface area contributed by atoms with Crippen LogP contribution in [0.2, 0.25) is 0 Å². The molecule has 3 rings (SSSR count). The maximum atomic E-state index is 12.4. The number of carbonyl (C=O) groups excluding carboxylic acids is 2.